The van der Waals surface area contributed by atoms with E-state index in [-0.39, 0.29) is 10.5 Å². The maximum absolute atomic E-state index is 10.8. The minimum Gasteiger partial charge on any atom is -0.288 e. The summed E-state index contributed by atoms with van der Waals surface area (Å²) in [6, 6.07) is 0. The molecule has 0 aromatic carbocycles. The first-order valence-electron chi connectivity index (χ1n) is 3.34. The molecule has 1 heterocycles. The molecule has 9 heavy (non-hydrogen) atoms. The summed E-state index contributed by atoms with van der Waals surface area (Å²) in [7, 11) is 0.0397. The Labute approximate surface area is 58.4 Å². The molecule has 0 N–H and O–H groups in total. The number of carbonyl (C=O) groups is 1. The van der Waals surface area contributed by atoms with E-state index < -0.39 is 0 Å². The minimum atomic E-state index is 0.0397. The zero-order valence-electron chi connectivity index (χ0n) is 5.72. The van der Waals surface area contributed by atoms with Gasteiger partial charge in [0, 0.05) is 6.92 Å². The quantitative estimate of drug-likeness (QED) is 0.474. The Kier molecular flexibility index (Phi) is 2.46. The molecular weight excluding hydrogens is 132 g/mol. The summed E-state index contributed by atoms with van der Waals surface area (Å²) in [5, 5.41) is 2.56. The van der Waals surface area contributed by atoms with Crippen LogP contribution in [0.2, 0.25) is 0 Å². The van der Waals surface area contributed by atoms with Gasteiger partial charge in [0.15, 0.2) is 5.12 Å². The van der Waals surface area contributed by atoms with E-state index in [1.807, 2.05) is 0 Å². The van der Waals surface area contributed by atoms with Crippen molar-refractivity contribution < 1.29 is 4.79 Å². The largest absolute Gasteiger partial charge is 0.288 e. The number of hydrogen-bond donors (Lipinski definition) is 0. The van der Waals surface area contributed by atoms with Gasteiger partial charge in [-0.25, -0.2) is 0 Å². The maximum Gasteiger partial charge on any atom is 0.180 e. The first-order chi connectivity index (χ1) is 4.30. The lowest BCUT2D eigenvalue weighted by atomic mass is 10.3. The fourth-order valence-electron chi connectivity index (χ4n) is 0.972. The van der Waals surface area contributed by atoms with E-state index in [4.69, 9.17) is 0 Å². The summed E-state index contributed by atoms with van der Waals surface area (Å²) in [6.45, 7) is 1.70. The van der Waals surface area contributed by atoms with Crippen LogP contribution < -0.4 is 0 Å². The Morgan fingerprint density at radius 1 is 1.56 bits per heavy atom. The van der Waals surface area contributed by atoms with E-state index in [2.05, 4.69) is 5.37 Å². The Morgan fingerprint density at radius 2 is 2.33 bits per heavy atom. The predicted molar refractivity (Wildman–Crippen MR) is 43.1 cm³/mol. The van der Waals surface area contributed by atoms with Crippen LogP contribution in [0.5, 0.6) is 0 Å². The molecule has 0 amide bonds. The molecule has 0 radical (unpaired) electrons. The summed E-state index contributed by atoms with van der Waals surface area (Å²) >= 11 is 0. The second-order valence-corrected chi connectivity index (χ2v) is 4.46. The smallest absolute Gasteiger partial charge is 0.180 e. The van der Waals surface area contributed by atoms with E-state index in [0.29, 0.717) is 5.12 Å². The van der Waals surface area contributed by atoms with Gasteiger partial charge in [-0.2, -0.15) is 0 Å². The van der Waals surface area contributed by atoms with Crippen LogP contribution in [0.25, 0.3) is 0 Å². The van der Waals surface area contributed by atoms with Crippen LogP contribution >= 0.6 is 10.5 Å². The molecule has 1 aliphatic heterocycles. The van der Waals surface area contributed by atoms with E-state index in [9.17, 15) is 4.79 Å². The summed E-state index contributed by atoms with van der Waals surface area (Å²) in [5.74, 6) is 1.12. The molecule has 0 saturated heterocycles. The Morgan fingerprint density at radius 3 is 2.67 bits per heavy atom. The molecule has 1 atom stereocenters. The van der Waals surface area contributed by atoms with Gasteiger partial charge in [-0.15, -0.1) is 10.5 Å². The molecule has 0 saturated carbocycles. The van der Waals surface area contributed by atoms with Gasteiger partial charge in [0.2, 0.25) is 0 Å². The van der Waals surface area contributed by atoms with Crippen LogP contribution in [0.4, 0.5) is 0 Å². The fraction of sp³-hybridized carbons (Fsp3) is 0.714. The van der Waals surface area contributed by atoms with Crippen LogP contribution in [0.1, 0.15) is 26.2 Å². The van der Waals surface area contributed by atoms with Crippen molar-refractivity contribution in [1.29, 1.82) is 0 Å². The summed E-state index contributed by atoms with van der Waals surface area (Å²) < 4.78 is 0. The zero-order valence-corrected chi connectivity index (χ0v) is 6.54. The van der Waals surface area contributed by atoms with E-state index in [0.717, 1.165) is 12.2 Å². The first-order valence-corrected chi connectivity index (χ1v) is 4.80. The number of carbonyl (C=O) groups excluding carboxylic acids is 1. The Hall–Kier alpha value is -0.110. The summed E-state index contributed by atoms with van der Waals surface area (Å²) in [4.78, 5) is 10.8. The SMILES string of the molecule is CC(=O)S1=CCCCC1. The third-order valence-corrected chi connectivity index (χ3v) is 3.61. The van der Waals surface area contributed by atoms with E-state index in [1.54, 1.807) is 6.92 Å². The molecule has 1 aliphatic rings. The molecule has 1 unspecified atom stereocenters. The van der Waals surface area contributed by atoms with Gasteiger partial charge in [-0.1, -0.05) is 5.37 Å². The van der Waals surface area contributed by atoms with Crippen molar-refractivity contribution in [2.75, 3.05) is 5.75 Å². The van der Waals surface area contributed by atoms with Gasteiger partial charge in [0.25, 0.3) is 0 Å². The molecule has 2 heteroatoms. The lowest BCUT2D eigenvalue weighted by Crippen LogP contribution is -1.99. The highest BCUT2D eigenvalue weighted by Gasteiger charge is 2.04. The van der Waals surface area contributed by atoms with Gasteiger partial charge in [0.1, 0.15) is 0 Å². The standard InChI is InChI=1S/C7H12OS/c1-7(8)9-5-3-2-4-6-9/h5H,2-4,6H2,1H3. The molecule has 0 aromatic rings. The van der Waals surface area contributed by atoms with Crippen molar-refractivity contribution in [1.82, 2.24) is 0 Å². The molecule has 1 nitrogen and oxygen atoms in total. The molecular formula is C7H12OS. The Bertz CT molecular complexity index is 149. The summed E-state index contributed by atoms with van der Waals surface area (Å²) in [6.07, 6.45) is 3.69. The monoisotopic (exact) mass is 144 g/mol. The molecule has 52 valence electrons. The second-order valence-electron chi connectivity index (χ2n) is 2.29. The van der Waals surface area contributed by atoms with E-state index in [1.165, 1.54) is 12.8 Å². The second kappa shape index (κ2) is 3.16. The lowest BCUT2D eigenvalue weighted by molar-refractivity contribution is -0.109. The van der Waals surface area contributed by atoms with Gasteiger partial charge >= 0.3 is 0 Å². The van der Waals surface area contributed by atoms with Crippen molar-refractivity contribution in [3.8, 4) is 0 Å². The average Bonchev–Trinajstić information content (AvgIpc) is 1.90. The van der Waals surface area contributed by atoms with Crippen molar-refractivity contribution >= 4 is 21.0 Å². The summed E-state index contributed by atoms with van der Waals surface area (Å²) in [5.41, 5.74) is 0. The van der Waals surface area contributed by atoms with Crippen LogP contribution in [-0.2, 0) is 4.79 Å². The molecule has 0 aliphatic carbocycles. The number of hydrogen-bond acceptors (Lipinski definition) is 1. The van der Waals surface area contributed by atoms with Gasteiger partial charge in [-0.05, 0) is 25.0 Å². The van der Waals surface area contributed by atoms with Crippen LogP contribution in [0.3, 0.4) is 0 Å². The third kappa shape index (κ3) is 1.94. The topological polar surface area (TPSA) is 17.1 Å². The van der Waals surface area contributed by atoms with Gasteiger partial charge in [0.05, 0.1) is 0 Å². The zero-order chi connectivity index (χ0) is 6.69. The lowest BCUT2D eigenvalue weighted by Gasteiger charge is -2.09. The van der Waals surface area contributed by atoms with Crippen molar-refractivity contribution in [3.63, 3.8) is 0 Å². The highest BCUT2D eigenvalue weighted by atomic mass is 32.2. The average molecular weight is 144 g/mol. The van der Waals surface area contributed by atoms with Crippen LogP contribution in [-0.4, -0.2) is 16.2 Å². The first kappa shape index (κ1) is 7.00. The Balaban J connectivity index is 2.57. The minimum absolute atomic E-state index is 0.0397. The van der Waals surface area contributed by atoms with Crippen LogP contribution in [0.15, 0.2) is 0 Å². The molecule has 1 rings (SSSR count). The van der Waals surface area contributed by atoms with Crippen LogP contribution in [0, 0.1) is 0 Å². The molecule has 0 spiro atoms. The van der Waals surface area contributed by atoms with Crippen molar-refractivity contribution in [2.24, 2.45) is 0 Å². The fourth-order valence-corrected chi connectivity index (χ4v) is 2.63. The van der Waals surface area contributed by atoms with Crippen molar-refractivity contribution in [2.45, 2.75) is 26.2 Å². The molecule has 0 aromatic heterocycles. The number of rotatable bonds is 0. The highest BCUT2D eigenvalue weighted by Crippen LogP contribution is 2.20. The molecule has 0 fully saturated rings. The van der Waals surface area contributed by atoms with Gasteiger partial charge in [-0.3, -0.25) is 4.79 Å². The predicted octanol–water partition coefficient (Wildman–Crippen LogP) is 1.79. The van der Waals surface area contributed by atoms with Crippen molar-refractivity contribution in [3.05, 3.63) is 0 Å². The molecule has 0 bridgehead atoms. The third-order valence-electron chi connectivity index (χ3n) is 1.51. The highest BCUT2D eigenvalue weighted by molar-refractivity contribution is 8.27. The van der Waals surface area contributed by atoms with E-state index >= 15 is 0 Å². The van der Waals surface area contributed by atoms with Gasteiger partial charge < -0.3 is 0 Å². The maximum atomic E-state index is 10.8. The normalized spacial score (nSPS) is 27.0.